The van der Waals surface area contributed by atoms with Gasteiger partial charge in [-0.25, -0.2) is 0 Å². The Morgan fingerprint density at radius 3 is 2.53 bits per heavy atom. The van der Waals surface area contributed by atoms with Gasteiger partial charge in [0.2, 0.25) is 0 Å². The molecule has 1 aromatic rings. The second-order valence-electron chi connectivity index (χ2n) is 5.48. The van der Waals surface area contributed by atoms with Crippen molar-refractivity contribution in [3.05, 3.63) is 29.3 Å². The van der Waals surface area contributed by atoms with E-state index in [2.05, 4.69) is 0 Å². The summed E-state index contributed by atoms with van der Waals surface area (Å²) in [5.41, 5.74) is 7.24. The molecule has 4 heteroatoms. The first-order valence-electron chi connectivity index (χ1n) is 6.35. The molecule has 0 aliphatic rings. The van der Waals surface area contributed by atoms with E-state index in [9.17, 15) is 4.79 Å². The first-order valence-corrected chi connectivity index (χ1v) is 6.35. The summed E-state index contributed by atoms with van der Waals surface area (Å²) in [7, 11) is 1.38. The van der Waals surface area contributed by atoms with Gasteiger partial charge in [0, 0.05) is 6.04 Å². The van der Waals surface area contributed by atoms with Crippen molar-refractivity contribution in [2.75, 3.05) is 13.7 Å². The summed E-state index contributed by atoms with van der Waals surface area (Å²) in [6, 6.07) is 5.84. The summed E-state index contributed by atoms with van der Waals surface area (Å²) in [5, 5.41) is 0. The van der Waals surface area contributed by atoms with Crippen LogP contribution in [0.2, 0.25) is 0 Å². The van der Waals surface area contributed by atoms with Crippen molar-refractivity contribution in [3.63, 3.8) is 0 Å². The molecule has 1 rings (SSSR count). The molecule has 1 atom stereocenters. The smallest absolute Gasteiger partial charge is 0.314 e. The van der Waals surface area contributed by atoms with Gasteiger partial charge < -0.3 is 15.2 Å². The van der Waals surface area contributed by atoms with Crippen molar-refractivity contribution in [3.8, 4) is 5.75 Å². The molecular formula is C15H23NO3. The Bertz CT molecular complexity index is 453. The Hall–Kier alpha value is -1.55. The second kappa shape index (κ2) is 6.06. The molecular weight excluding hydrogens is 242 g/mol. The SMILES string of the molecule is COC(=O)C(C)(C)COc1ccc([C@@H](C)N)cc1C. The minimum atomic E-state index is -0.666. The van der Waals surface area contributed by atoms with Gasteiger partial charge >= 0.3 is 5.97 Å². The van der Waals surface area contributed by atoms with Crippen molar-refractivity contribution in [1.82, 2.24) is 0 Å². The van der Waals surface area contributed by atoms with E-state index < -0.39 is 5.41 Å². The fraction of sp³-hybridized carbons (Fsp3) is 0.533. The van der Waals surface area contributed by atoms with E-state index in [-0.39, 0.29) is 18.6 Å². The van der Waals surface area contributed by atoms with Crippen LogP contribution in [0.25, 0.3) is 0 Å². The van der Waals surface area contributed by atoms with E-state index in [0.29, 0.717) is 0 Å². The number of ether oxygens (including phenoxy) is 2. The number of hydrogen-bond acceptors (Lipinski definition) is 4. The molecule has 0 bridgehead atoms. The molecule has 0 saturated heterocycles. The highest BCUT2D eigenvalue weighted by molar-refractivity contribution is 5.75. The first kappa shape index (κ1) is 15.5. The van der Waals surface area contributed by atoms with Crippen LogP contribution in [0.5, 0.6) is 5.75 Å². The number of rotatable bonds is 5. The number of esters is 1. The maximum Gasteiger partial charge on any atom is 0.314 e. The summed E-state index contributed by atoms with van der Waals surface area (Å²) >= 11 is 0. The third-order valence-electron chi connectivity index (χ3n) is 3.05. The number of aryl methyl sites for hydroxylation is 1. The van der Waals surface area contributed by atoms with Crippen LogP contribution in [0, 0.1) is 12.3 Å². The Morgan fingerprint density at radius 2 is 2.05 bits per heavy atom. The highest BCUT2D eigenvalue weighted by Gasteiger charge is 2.29. The van der Waals surface area contributed by atoms with Crippen LogP contribution in [0.4, 0.5) is 0 Å². The lowest BCUT2D eigenvalue weighted by Crippen LogP contribution is -2.32. The van der Waals surface area contributed by atoms with Crippen molar-refractivity contribution < 1.29 is 14.3 Å². The zero-order valence-electron chi connectivity index (χ0n) is 12.3. The second-order valence-corrected chi connectivity index (χ2v) is 5.48. The lowest BCUT2D eigenvalue weighted by Gasteiger charge is -2.22. The monoisotopic (exact) mass is 265 g/mol. The van der Waals surface area contributed by atoms with E-state index in [1.165, 1.54) is 7.11 Å². The molecule has 19 heavy (non-hydrogen) atoms. The fourth-order valence-electron chi connectivity index (χ4n) is 1.71. The van der Waals surface area contributed by atoms with Crippen LogP contribution < -0.4 is 10.5 Å². The Labute approximate surface area is 114 Å². The van der Waals surface area contributed by atoms with Gasteiger partial charge in [0.15, 0.2) is 0 Å². The van der Waals surface area contributed by atoms with Gasteiger partial charge in [0.05, 0.1) is 12.5 Å². The van der Waals surface area contributed by atoms with Crippen molar-refractivity contribution in [2.24, 2.45) is 11.1 Å². The summed E-state index contributed by atoms with van der Waals surface area (Å²) in [6.45, 7) is 7.77. The van der Waals surface area contributed by atoms with Crippen LogP contribution in [0.15, 0.2) is 18.2 Å². The van der Waals surface area contributed by atoms with Crippen LogP contribution in [0.1, 0.15) is 37.9 Å². The molecule has 2 N–H and O–H groups in total. The number of carbonyl (C=O) groups excluding carboxylic acids is 1. The average molecular weight is 265 g/mol. The van der Waals surface area contributed by atoms with Gasteiger partial charge in [-0.2, -0.15) is 0 Å². The molecule has 0 heterocycles. The van der Waals surface area contributed by atoms with Gasteiger partial charge in [0.1, 0.15) is 12.4 Å². The number of methoxy groups -OCH3 is 1. The molecule has 1 aromatic carbocycles. The van der Waals surface area contributed by atoms with Crippen LogP contribution in [-0.4, -0.2) is 19.7 Å². The summed E-state index contributed by atoms with van der Waals surface area (Å²) in [5.74, 6) is 0.485. The van der Waals surface area contributed by atoms with Crippen LogP contribution in [-0.2, 0) is 9.53 Å². The minimum Gasteiger partial charge on any atom is -0.492 e. The fourth-order valence-corrected chi connectivity index (χ4v) is 1.71. The zero-order valence-corrected chi connectivity index (χ0v) is 12.3. The predicted octanol–water partition coefficient (Wildman–Crippen LogP) is 2.59. The van der Waals surface area contributed by atoms with Gasteiger partial charge in [-0.1, -0.05) is 12.1 Å². The largest absolute Gasteiger partial charge is 0.492 e. The molecule has 0 aliphatic carbocycles. The van der Waals surface area contributed by atoms with Crippen LogP contribution >= 0.6 is 0 Å². The first-order chi connectivity index (χ1) is 8.77. The number of carbonyl (C=O) groups is 1. The highest BCUT2D eigenvalue weighted by atomic mass is 16.5. The van der Waals surface area contributed by atoms with Crippen molar-refractivity contribution >= 4 is 5.97 Å². The normalized spacial score (nSPS) is 12.9. The van der Waals surface area contributed by atoms with E-state index in [1.54, 1.807) is 13.8 Å². The molecule has 0 aliphatic heterocycles. The maximum atomic E-state index is 11.6. The lowest BCUT2D eigenvalue weighted by molar-refractivity contribution is -0.152. The van der Waals surface area contributed by atoms with E-state index in [4.69, 9.17) is 15.2 Å². The van der Waals surface area contributed by atoms with Gasteiger partial charge in [-0.05, 0) is 44.9 Å². The molecule has 106 valence electrons. The van der Waals surface area contributed by atoms with Crippen molar-refractivity contribution in [1.29, 1.82) is 0 Å². The average Bonchev–Trinajstić information content (AvgIpc) is 2.36. The maximum absolute atomic E-state index is 11.6. The lowest BCUT2D eigenvalue weighted by atomic mass is 9.95. The van der Waals surface area contributed by atoms with Gasteiger partial charge in [0.25, 0.3) is 0 Å². The molecule has 0 aromatic heterocycles. The van der Waals surface area contributed by atoms with Crippen LogP contribution in [0.3, 0.4) is 0 Å². The zero-order chi connectivity index (χ0) is 14.6. The third kappa shape index (κ3) is 3.96. The Morgan fingerprint density at radius 1 is 1.42 bits per heavy atom. The molecule has 0 radical (unpaired) electrons. The number of benzene rings is 1. The van der Waals surface area contributed by atoms with Gasteiger partial charge in [-0.3, -0.25) is 4.79 Å². The Balaban J connectivity index is 2.76. The molecule has 0 saturated carbocycles. The molecule has 0 amide bonds. The van der Waals surface area contributed by atoms with E-state index in [1.807, 2.05) is 32.0 Å². The topological polar surface area (TPSA) is 61.5 Å². The predicted molar refractivity (Wildman–Crippen MR) is 75.1 cm³/mol. The van der Waals surface area contributed by atoms with E-state index >= 15 is 0 Å². The molecule has 4 nitrogen and oxygen atoms in total. The Kier molecular flexibility index (Phi) is 4.95. The number of nitrogens with two attached hydrogens (primary N) is 1. The molecule has 0 unspecified atom stereocenters. The van der Waals surface area contributed by atoms with Gasteiger partial charge in [-0.15, -0.1) is 0 Å². The highest BCUT2D eigenvalue weighted by Crippen LogP contribution is 2.25. The molecule has 0 spiro atoms. The standard InChI is InChI=1S/C15H23NO3/c1-10-8-12(11(2)16)6-7-13(10)19-9-15(3,4)14(17)18-5/h6-8,11H,9,16H2,1-5H3/t11-/m1/s1. The van der Waals surface area contributed by atoms with Crippen molar-refractivity contribution in [2.45, 2.75) is 33.7 Å². The summed E-state index contributed by atoms with van der Waals surface area (Å²) in [4.78, 5) is 11.6. The summed E-state index contributed by atoms with van der Waals surface area (Å²) < 4.78 is 10.5. The summed E-state index contributed by atoms with van der Waals surface area (Å²) in [6.07, 6.45) is 0. The molecule has 0 fully saturated rings. The van der Waals surface area contributed by atoms with E-state index in [0.717, 1.165) is 16.9 Å². The minimum absolute atomic E-state index is 0.000685. The quantitative estimate of drug-likeness (QED) is 0.831. The number of hydrogen-bond donors (Lipinski definition) is 1. The third-order valence-corrected chi connectivity index (χ3v) is 3.05.